The lowest BCUT2D eigenvalue weighted by atomic mass is 10.1. The SMILES string of the molecule is Cc1cccc(NC(=O)CN2C(=O)COc3cc(C)ccc32)c1. The molecule has 5 heteroatoms. The first-order valence-corrected chi connectivity index (χ1v) is 7.43. The fourth-order valence-electron chi connectivity index (χ4n) is 2.55. The quantitative estimate of drug-likeness (QED) is 0.948. The van der Waals surface area contributed by atoms with Crippen LogP contribution in [0.2, 0.25) is 0 Å². The third-order valence-electron chi connectivity index (χ3n) is 3.66. The predicted molar refractivity (Wildman–Crippen MR) is 88.8 cm³/mol. The maximum atomic E-state index is 12.3. The second kappa shape index (κ2) is 6.12. The highest BCUT2D eigenvalue weighted by Crippen LogP contribution is 2.32. The molecule has 1 N–H and O–H groups in total. The van der Waals surface area contributed by atoms with Crippen LogP contribution in [0.5, 0.6) is 5.75 Å². The normalized spacial score (nSPS) is 13.3. The van der Waals surface area contributed by atoms with Gasteiger partial charge in [-0.1, -0.05) is 18.2 Å². The van der Waals surface area contributed by atoms with Crippen LogP contribution in [0, 0.1) is 13.8 Å². The van der Waals surface area contributed by atoms with Gasteiger partial charge in [-0.05, 0) is 49.2 Å². The molecule has 0 unspecified atom stereocenters. The van der Waals surface area contributed by atoms with Crippen LogP contribution in [0.3, 0.4) is 0 Å². The van der Waals surface area contributed by atoms with Crippen LogP contribution in [0.4, 0.5) is 11.4 Å². The molecule has 0 aromatic heterocycles. The molecule has 0 saturated carbocycles. The van der Waals surface area contributed by atoms with Gasteiger partial charge in [-0.3, -0.25) is 14.5 Å². The van der Waals surface area contributed by atoms with Crippen molar-refractivity contribution in [1.29, 1.82) is 0 Å². The molecule has 0 aliphatic carbocycles. The Kier molecular flexibility index (Phi) is 4.02. The van der Waals surface area contributed by atoms with Crippen molar-refractivity contribution in [3.63, 3.8) is 0 Å². The van der Waals surface area contributed by atoms with Crippen LogP contribution in [-0.4, -0.2) is 25.0 Å². The summed E-state index contributed by atoms with van der Waals surface area (Å²) in [5, 5.41) is 2.82. The van der Waals surface area contributed by atoms with Gasteiger partial charge in [0.1, 0.15) is 12.3 Å². The highest BCUT2D eigenvalue weighted by molar-refractivity contribution is 6.05. The van der Waals surface area contributed by atoms with Crippen molar-refractivity contribution < 1.29 is 14.3 Å². The van der Waals surface area contributed by atoms with Crippen molar-refractivity contribution in [2.75, 3.05) is 23.4 Å². The molecule has 2 aromatic carbocycles. The van der Waals surface area contributed by atoms with Crippen LogP contribution >= 0.6 is 0 Å². The van der Waals surface area contributed by atoms with Crippen molar-refractivity contribution in [2.45, 2.75) is 13.8 Å². The van der Waals surface area contributed by atoms with Crippen LogP contribution < -0.4 is 15.0 Å². The summed E-state index contributed by atoms with van der Waals surface area (Å²) in [5.74, 6) is 0.172. The van der Waals surface area contributed by atoms with Crippen LogP contribution in [0.1, 0.15) is 11.1 Å². The first-order valence-electron chi connectivity index (χ1n) is 7.43. The average Bonchev–Trinajstić information content (AvgIpc) is 2.50. The smallest absolute Gasteiger partial charge is 0.265 e. The number of anilines is 2. The Balaban J connectivity index is 1.77. The van der Waals surface area contributed by atoms with Gasteiger partial charge in [0.15, 0.2) is 6.61 Å². The fraction of sp³-hybridized carbons (Fsp3) is 0.222. The van der Waals surface area contributed by atoms with E-state index in [0.717, 1.165) is 16.8 Å². The molecule has 23 heavy (non-hydrogen) atoms. The maximum absolute atomic E-state index is 12.3. The van der Waals surface area contributed by atoms with Crippen molar-refractivity contribution in [1.82, 2.24) is 0 Å². The van der Waals surface area contributed by atoms with E-state index in [4.69, 9.17) is 4.74 Å². The summed E-state index contributed by atoms with van der Waals surface area (Å²) in [4.78, 5) is 25.8. The minimum absolute atomic E-state index is 0.0355. The summed E-state index contributed by atoms with van der Waals surface area (Å²) in [6.07, 6.45) is 0. The van der Waals surface area contributed by atoms with Gasteiger partial charge >= 0.3 is 0 Å². The molecule has 0 bridgehead atoms. The van der Waals surface area contributed by atoms with Gasteiger partial charge in [0.05, 0.1) is 5.69 Å². The van der Waals surface area contributed by atoms with Crippen molar-refractivity contribution >= 4 is 23.2 Å². The topological polar surface area (TPSA) is 58.6 Å². The Bertz CT molecular complexity index is 771. The van der Waals surface area contributed by atoms with E-state index in [-0.39, 0.29) is 25.0 Å². The largest absolute Gasteiger partial charge is 0.482 e. The molecule has 3 rings (SSSR count). The highest BCUT2D eigenvalue weighted by atomic mass is 16.5. The number of amides is 2. The number of fused-ring (bicyclic) bond motifs is 1. The Morgan fingerprint density at radius 1 is 1.17 bits per heavy atom. The van der Waals surface area contributed by atoms with Gasteiger partial charge < -0.3 is 10.1 Å². The second-order valence-corrected chi connectivity index (χ2v) is 5.66. The number of hydrogen-bond acceptors (Lipinski definition) is 3. The number of nitrogens with one attached hydrogen (secondary N) is 1. The number of aryl methyl sites for hydroxylation is 2. The van der Waals surface area contributed by atoms with E-state index in [9.17, 15) is 9.59 Å². The first kappa shape index (κ1) is 15.1. The van der Waals surface area contributed by atoms with E-state index in [0.29, 0.717) is 11.4 Å². The summed E-state index contributed by atoms with van der Waals surface area (Å²) in [6, 6.07) is 13.1. The molecule has 0 spiro atoms. The summed E-state index contributed by atoms with van der Waals surface area (Å²) in [5.41, 5.74) is 3.46. The number of carbonyl (C=O) groups excluding carboxylic acids is 2. The van der Waals surface area contributed by atoms with Gasteiger partial charge in [-0.15, -0.1) is 0 Å². The van der Waals surface area contributed by atoms with Gasteiger partial charge in [-0.2, -0.15) is 0 Å². The van der Waals surface area contributed by atoms with Crippen LogP contribution in [0.15, 0.2) is 42.5 Å². The van der Waals surface area contributed by atoms with Gasteiger partial charge in [0.25, 0.3) is 5.91 Å². The highest BCUT2D eigenvalue weighted by Gasteiger charge is 2.27. The summed E-state index contributed by atoms with van der Waals surface area (Å²) in [7, 11) is 0. The molecular weight excluding hydrogens is 292 g/mol. The Hall–Kier alpha value is -2.82. The van der Waals surface area contributed by atoms with E-state index in [2.05, 4.69) is 5.32 Å². The zero-order valence-corrected chi connectivity index (χ0v) is 13.1. The molecule has 0 fully saturated rings. The average molecular weight is 310 g/mol. The van der Waals surface area contributed by atoms with Crippen molar-refractivity contribution in [3.8, 4) is 5.75 Å². The number of hydrogen-bond donors (Lipinski definition) is 1. The zero-order valence-electron chi connectivity index (χ0n) is 13.1. The molecule has 0 radical (unpaired) electrons. The standard InChI is InChI=1S/C18H18N2O3/c1-12-4-3-5-14(8-12)19-17(21)10-20-15-7-6-13(2)9-16(15)23-11-18(20)22/h3-9H,10-11H2,1-2H3,(H,19,21). The molecular formula is C18H18N2O3. The summed E-state index contributed by atoms with van der Waals surface area (Å²) < 4.78 is 5.44. The van der Waals surface area contributed by atoms with Gasteiger partial charge in [0, 0.05) is 5.69 Å². The Morgan fingerprint density at radius 3 is 2.74 bits per heavy atom. The predicted octanol–water partition coefficient (Wildman–Crippen LogP) is 2.67. The molecule has 118 valence electrons. The Morgan fingerprint density at radius 2 is 1.96 bits per heavy atom. The lowest BCUT2D eigenvalue weighted by molar-refractivity contribution is -0.123. The summed E-state index contributed by atoms with van der Waals surface area (Å²) in [6.45, 7) is 3.83. The molecule has 1 aliphatic heterocycles. The lowest BCUT2D eigenvalue weighted by Gasteiger charge is -2.29. The third kappa shape index (κ3) is 3.34. The first-order chi connectivity index (χ1) is 11.0. The number of rotatable bonds is 3. The third-order valence-corrected chi connectivity index (χ3v) is 3.66. The summed E-state index contributed by atoms with van der Waals surface area (Å²) >= 11 is 0. The van der Waals surface area contributed by atoms with Crippen molar-refractivity contribution in [3.05, 3.63) is 53.6 Å². The van der Waals surface area contributed by atoms with E-state index in [1.165, 1.54) is 4.90 Å². The molecule has 2 amide bonds. The van der Waals surface area contributed by atoms with E-state index >= 15 is 0 Å². The van der Waals surface area contributed by atoms with Crippen LogP contribution in [-0.2, 0) is 9.59 Å². The van der Waals surface area contributed by atoms with Crippen LogP contribution in [0.25, 0.3) is 0 Å². The minimum Gasteiger partial charge on any atom is -0.482 e. The molecule has 1 aliphatic rings. The van der Waals surface area contributed by atoms with Gasteiger partial charge in [-0.25, -0.2) is 0 Å². The van der Waals surface area contributed by atoms with E-state index in [1.807, 2.05) is 56.3 Å². The molecule has 2 aromatic rings. The molecule has 1 heterocycles. The van der Waals surface area contributed by atoms with E-state index in [1.54, 1.807) is 0 Å². The van der Waals surface area contributed by atoms with Crippen molar-refractivity contribution in [2.24, 2.45) is 0 Å². The van der Waals surface area contributed by atoms with E-state index < -0.39 is 0 Å². The number of ether oxygens (including phenoxy) is 1. The monoisotopic (exact) mass is 310 g/mol. The molecule has 0 atom stereocenters. The fourth-order valence-corrected chi connectivity index (χ4v) is 2.55. The zero-order chi connectivity index (χ0) is 16.4. The maximum Gasteiger partial charge on any atom is 0.265 e. The molecule has 5 nitrogen and oxygen atoms in total. The number of nitrogens with zero attached hydrogens (tertiary/aromatic N) is 1. The minimum atomic E-state index is -0.239. The number of benzene rings is 2. The molecule has 0 saturated heterocycles. The Labute approximate surface area is 134 Å². The number of carbonyl (C=O) groups is 2. The second-order valence-electron chi connectivity index (χ2n) is 5.66. The lowest BCUT2D eigenvalue weighted by Crippen LogP contribution is -2.43. The van der Waals surface area contributed by atoms with Gasteiger partial charge in [0.2, 0.25) is 5.91 Å².